The highest BCUT2D eigenvalue weighted by Gasteiger charge is 2.04. The molecule has 0 aliphatic carbocycles. The van der Waals surface area contributed by atoms with E-state index in [9.17, 15) is 4.79 Å². The van der Waals surface area contributed by atoms with Crippen LogP contribution in [0.4, 0.5) is 0 Å². The van der Waals surface area contributed by atoms with E-state index in [2.05, 4.69) is 11.8 Å². The fourth-order valence-electron chi connectivity index (χ4n) is 0.715. The number of methoxy groups -OCH3 is 1. The topological polar surface area (TPSA) is 46.5 Å². The summed E-state index contributed by atoms with van der Waals surface area (Å²) in [4.78, 5) is 11.5. The van der Waals surface area contributed by atoms with Crippen LogP contribution in [0.15, 0.2) is 12.1 Å². The lowest BCUT2D eigenvalue weighted by Crippen LogP contribution is -1.89. The summed E-state index contributed by atoms with van der Waals surface area (Å²) in [6.45, 7) is 0.361. The number of hydrogen-bond acceptors (Lipinski definition) is 3. The van der Waals surface area contributed by atoms with Crippen LogP contribution in [-0.4, -0.2) is 24.8 Å². The Hall–Kier alpha value is -1.31. The Kier molecular flexibility index (Phi) is 3.50. The molecule has 1 N–H and O–H groups in total. The van der Waals surface area contributed by atoms with Gasteiger partial charge in [-0.3, -0.25) is 0 Å². The molecule has 0 bridgehead atoms. The van der Waals surface area contributed by atoms with Crippen molar-refractivity contribution in [1.82, 2.24) is 0 Å². The van der Waals surface area contributed by atoms with E-state index < -0.39 is 5.97 Å². The molecule has 0 amide bonds. The fraction of sp³-hybridized carbons (Fsp3) is 0.222. The second kappa shape index (κ2) is 4.65. The first kappa shape index (κ1) is 9.78. The molecule has 13 heavy (non-hydrogen) atoms. The number of carbonyl (C=O) groups is 1. The van der Waals surface area contributed by atoms with Gasteiger partial charge in [-0.1, -0.05) is 11.8 Å². The number of carboxylic acids is 1. The average molecular weight is 196 g/mol. The van der Waals surface area contributed by atoms with E-state index in [1.165, 1.54) is 0 Å². The molecule has 0 fully saturated rings. The quantitative estimate of drug-likeness (QED) is 0.728. The maximum absolute atomic E-state index is 10.5. The van der Waals surface area contributed by atoms with Crippen molar-refractivity contribution in [2.75, 3.05) is 13.7 Å². The van der Waals surface area contributed by atoms with Gasteiger partial charge in [0.15, 0.2) is 0 Å². The lowest BCUT2D eigenvalue weighted by atomic mass is 10.4. The lowest BCUT2D eigenvalue weighted by Gasteiger charge is -1.82. The summed E-state index contributed by atoms with van der Waals surface area (Å²) in [5.74, 6) is 4.64. The summed E-state index contributed by atoms with van der Waals surface area (Å²) in [7, 11) is 1.56. The van der Waals surface area contributed by atoms with Crippen molar-refractivity contribution >= 4 is 17.3 Å². The van der Waals surface area contributed by atoms with Gasteiger partial charge in [0, 0.05) is 7.11 Å². The molecule has 1 rings (SSSR count). The fourth-order valence-corrected chi connectivity index (χ4v) is 1.43. The van der Waals surface area contributed by atoms with Crippen molar-refractivity contribution in [2.45, 2.75) is 0 Å². The number of thiophene rings is 1. The molecule has 0 aliphatic heterocycles. The predicted molar refractivity (Wildman–Crippen MR) is 50.0 cm³/mol. The zero-order chi connectivity index (χ0) is 9.68. The summed E-state index contributed by atoms with van der Waals surface area (Å²) >= 11 is 1.16. The van der Waals surface area contributed by atoms with E-state index in [1.54, 1.807) is 19.2 Å². The molecular formula is C9H8O3S. The first-order valence-corrected chi connectivity index (χ1v) is 4.36. The molecule has 1 aromatic heterocycles. The van der Waals surface area contributed by atoms with Crippen LogP contribution in [0.3, 0.4) is 0 Å². The van der Waals surface area contributed by atoms with Gasteiger partial charge in [-0.15, -0.1) is 11.3 Å². The molecule has 0 radical (unpaired) electrons. The smallest absolute Gasteiger partial charge is 0.345 e. The minimum atomic E-state index is -0.912. The number of ether oxygens (including phenoxy) is 1. The van der Waals surface area contributed by atoms with Crippen molar-refractivity contribution in [3.63, 3.8) is 0 Å². The molecule has 3 nitrogen and oxygen atoms in total. The van der Waals surface area contributed by atoms with Gasteiger partial charge >= 0.3 is 5.97 Å². The van der Waals surface area contributed by atoms with Crippen LogP contribution < -0.4 is 0 Å². The van der Waals surface area contributed by atoms with Crippen molar-refractivity contribution < 1.29 is 14.6 Å². The van der Waals surface area contributed by atoms with Crippen LogP contribution in [0.5, 0.6) is 0 Å². The van der Waals surface area contributed by atoms with E-state index in [0.717, 1.165) is 16.2 Å². The molecule has 0 spiro atoms. The number of carboxylic acid groups (broad SMARTS) is 1. The van der Waals surface area contributed by atoms with Gasteiger partial charge in [-0.25, -0.2) is 4.79 Å². The van der Waals surface area contributed by atoms with Crippen molar-refractivity contribution in [3.05, 3.63) is 21.9 Å². The second-order valence-electron chi connectivity index (χ2n) is 2.20. The lowest BCUT2D eigenvalue weighted by molar-refractivity contribution is 0.0702. The molecule has 0 saturated heterocycles. The highest BCUT2D eigenvalue weighted by molar-refractivity contribution is 7.14. The Morgan fingerprint density at radius 2 is 2.46 bits per heavy atom. The number of hydrogen-bond donors (Lipinski definition) is 1. The van der Waals surface area contributed by atoms with Gasteiger partial charge in [0.2, 0.25) is 0 Å². The summed E-state index contributed by atoms with van der Waals surface area (Å²) < 4.78 is 4.73. The molecule has 0 atom stereocenters. The highest BCUT2D eigenvalue weighted by Crippen LogP contribution is 2.14. The summed E-state index contributed by atoms with van der Waals surface area (Å²) in [6.07, 6.45) is 0. The van der Waals surface area contributed by atoms with E-state index in [1.807, 2.05) is 0 Å². The Morgan fingerprint density at radius 3 is 3.00 bits per heavy atom. The van der Waals surface area contributed by atoms with E-state index in [4.69, 9.17) is 9.84 Å². The van der Waals surface area contributed by atoms with E-state index in [-0.39, 0.29) is 0 Å². The first-order chi connectivity index (χ1) is 6.24. The summed E-state index contributed by atoms with van der Waals surface area (Å²) in [5.41, 5.74) is 0. The van der Waals surface area contributed by atoms with Crippen LogP contribution in [0, 0.1) is 11.8 Å². The zero-order valence-electron chi connectivity index (χ0n) is 7.03. The van der Waals surface area contributed by atoms with Gasteiger partial charge in [0.25, 0.3) is 0 Å². The van der Waals surface area contributed by atoms with Gasteiger partial charge in [-0.05, 0) is 12.1 Å². The van der Waals surface area contributed by atoms with Gasteiger partial charge < -0.3 is 9.84 Å². The normalized spacial score (nSPS) is 9.00. The highest BCUT2D eigenvalue weighted by atomic mass is 32.1. The van der Waals surface area contributed by atoms with Crippen molar-refractivity contribution in [3.8, 4) is 11.8 Å². The molecule has 0 saturated carbocycles. The van der Waals surface area contributed by atoms with E-state index in [0.29, 0.717) is 11.5 Å². The SMILES string of the molecule is COCC#Cc1ccc(C(=O)O)s1. The minimum Gasteiger partial charge on any atom is -0.477 e. The number of rotatable bonds is 2. The molecule has 0 unspecified atom stereocenters. The maximum atomic E-state index is 10.5. The third-order valence-electron chi connectivity index (χ3n) is 1.24. The average Bonchev–Trinajstić information content (AvgIpc) is 2.53. The standard InChI is InChI=1S/C9H8O3S/c1-12-6-2-3-7-4-5-8(13-7)9(10)11/h4-5H,6H2,1H3,(H,10,11). The molecule has 1 aromatic rings. The van der Waals surface area contributed by atoms with Crippen LogP contribution in [0.25, 0.3) is 0 Å². The molecule has 68 valence electrons. The molecule has 0 aliphatic rings. The summed E-state index contributed by atoms with van der Waals surface area (Å²) in [6, 6.07) is 3.24. The Bertz CT molecular complexity index is 356. The van der Waals surface area contributed by atoms with Crippen LogP contribution in [0.2, 0.25) is 0 Å². The van der Waals surface area contributed by atoms with E-state index >= 15 is 0 Å². The number of aromatic carboxylic acids is 1. The minimum absolute atomic E-state index is 0.307. The zero-order valence-corrected chi connectivity index (χ0v) is 7.85. The van der Waals surface area contributed by atoms with Gasteiger partial charge in [0.1, 0.15) is 11.5 Å². The maximum Gasteiger partial charge on any atom is 0.345 e. The molecule has 1 heterocycles. The Labute approximate surface area is 80.0 Å². The molecule has 4 heteroatoms. The first-order valence-electron chi connectivity index (χ1n) is 3.55. The van der Waals surface area contributed by atoms with Crippen molar-refractivity contribution in [1.29, 1.82) is 0 Å². The second-order valence-corrected chi connectivity index (χ2v) is 3.29. The van der Waals surface area contributed by atoms with Crippen LogP contribution in [0.1, 0.15) is 14.5 Å². The van der Waals surface area contributed by atoms with Gasteiger partial charge in [-0.2, -0.15) is 0 Å². The van der Waals surface area contributed by atoms with Crippen molar-refractivity contribution in [2.24, 2.45) is 0 Å². The van der Waals surface area contributed by atoms with Gasteiger partial charge in [0.05, 0.1) is 4.88 Å². The monoisotopic (exact) mass is 196 g/mol. The Balaban J connectivity index is 2.71. The molecule has 0 aromatic carbocycles. The Morgan fingerprint density at radius 1 is 1.69 bits per heavy atom. The van der Waals surface area contributed by atoms with Crippen LogP contribution in [-0.2, 0) is 4.74 Å². The third kappa shape index (κ3) is 2.90. The third-order valence-corrected chi connectivity index (χ3v) is 2.23. The van der Waals surface area contributed by atoms with Crippen LogP contribution >= 0.6 is 11.3 Å². The predicted octanol–water partition coefficient (Wildman–Crippen LogP) is 1.44. The largest absolute Gasteiger partial charge is 0.477 e. The molecular weight excluding hydrogens is 188 g/mol. The summed E-state index contributed by atoms with van der Waals surface area (Å²) in [5, 5.41) is 8.61.